The summed E-state index contributed by atoms with van der Waals surface area (Å²) in [6.07, 6.45) is 1.73. The monoisotopic (exact) mass is 552 g/mol. The molecule has 0 bridgehead atoms. The lowest BCUT2D eigenvalue weighted by atomic mass is 9.97. The van der Waals surface area contributed by atoms with Crippen molar-refractivity contribution in [3.05, 3.63) is 133 Å². The van der Waals surface area contributed by atoms with Crippen LogP contribution in [0.2, 0.25) is 0 Å². The molecule has 0 unspecified atom stereocenters. The second-order valence-corrected chi connectivity index (χ2v) is 11.3. The standard InChI is InChI=1S/C37H20N4S/c38-20-25-18-24(29-19-26(22-40-30(29)21-39)23-8-2-1-3-9-23)14-15-31(25)41-32-12-6-4-10-27(32)36-33(41)16-17-35-37(36)28-11-5-7-13-34(28)42-35/h1-19,22H. The van der Waals surface area contributed by atoms with Crippen LogP contribution in [0.15, 0.2) is 121 Å². The van der Waals surface area contributed by atoms with E-state index in [0.29, 0.717) is 16.8 Å². The lowest BCUT2D eigenvalue weighted by molar-refractivity contribution is 1.17. The van der Waals surface area contributed by atoms with E-state index in [4.69, 9.17) is 0 Å². The smallest absolute Gasteiger partial charge is 0.148 e. The molecule has 0 aliphatic rings. The third-order valence-corrected chi connectivity index (χ3v) is 9.08. The van der Waals surface area contributed by atoms with Gasteiger partial charge in [0.05, 0.1) is 22.3 Å². The Hall–Kier alpha value is -5.75. The fourth-order valence-electron chi connectivity index (χ4n) is 6.08. The Morgan fingerprint density at radius 2 is 1.38 bits per heavy atom. The maximum absolute atomic E-state index is 10.4. The van der Waals surface area contributed by atoms with Crippen molar-refractivity contribution < 1.29 is 0 Å². The number of para-hydroxylation sites is 1. The normalized spacial score (nSPS) is 11.3. The number of benzene rings is 5. The Kier molecular flexibility index (Phi) is 5.40. The first-order chi connectivity index (χ1) is 20.7. The van der Waals surface area contributed by atoms with E-state index in [1.807, 2.05) is 60.7 Å². The van der Waals surface area contributed by atoms with Gasteiger partial charge in [0, 0.05) is 48.3 Å². The number of fused-ring (bicyclic) bond motifs is 7. The van der Waals surface area contributed by atoms with Gasteiger partial charge >= 0.3 is 0 Å². The van der Waals surface area contributed by atoms with E-state index in [2.05, 4.69) is 76.3 Å². The predicted molar refractivity (Wildman–Crippen MR) is 172 cm³/mol. The summed E-state index contributed by atoms with van der Waals surface area (Å²) in [6.45, 7) is 0. The van der Waals surface area contributed by atoms with Crippen LogP contribution >= 0.6 is 11.3 Å². The Morgan fingerprint density at radius 1 is 0.595 bits per heavy atom. The Bertz CT molecular complexity index is 2440. The molecule has 0 fully saturated rings. The van der Waals surface area contributed by atoms with E-state index < -0.39 is 0 Å². The van der Waals surface area contributed by atoms with Crippen LogP contribution in [0.5, 0.6) is 0 Å². The Labute approximate surface area is 245 Å². The zero-order chi connectivity index (χ0) is 28.2. The largest absolute Gasteiger partial charge is 0.308 e. The molecular formula is C37H20N4S. The summed E-state index contributed by atoms with van der Waals surface area (Å²) in [5.74, 6) is 0. The van der Waals surface area contributed by atoms with Crippen molar-refractivity contribution in [2.45, 2.75) is 0 Å². The predicted octanol–water partition coefficient (Wildman–Crippen LogP) is 9.62. The van der Waals surface area contributed by atoms with Crippen LogP contribution in [0.3, 0.4) is 0 Å². The van der Waals surface area contributed by atoms with Crippen LogP contribution in [-0.4, -0.2) is 9.55 Å². The molecule has 0 aliphatic carbocycles. The summed E-state index contributed by atoms with van der Waals surface area (Å²) in [6, 6.07) is 43.8. The molecule has 0 atom stereocenters. The molecule has 5 aromatic carbocycles. The molecule has 0 radical (unpaired) electrons. The van der Waals surface area contributed by atoms with Gasteiger partial charge in [0.25, 0.3) is 0 Å². The van der Waals surface area contributed by atoms with Gasteiger partial charge < -0.3 is 4.57 Å². The van der Waals surface area contributed by atoms with Crippen molar-refractivity contribution in [1.29, 1.82) is 10.5 Å². The first-order valence-corrected chi connectivity index (χ1v) is 14.4. The zero-order valence-corrected chi connectivity index (χ0v) is 23.1. The highest BCUT2D eigenvalue weighted by Crippen LogP contribution is 2.43. The number of nitriles is 2. The van der Waals surface area contributed by atoms with Crippen LogP contribution in [-0.2, 0) is 0 Å². The minimum Gasteiger partial charge on any atom is -0.308 e. The number of hydrogen-bond acceptors (Lipinski definition) is 4. The van der Waals surface area contributed by atoms with Crippen molar-refractivity contribution in [2.24, 2.45) is 0 Å². The molecule has 8 rings (SSSR count). The molecule has 0 saturated heterocycles. The highest BCUT2D eigenvalue weighted by molar-refractivity contribution is 7.26. The number of aromatic nitrogens is 2. The van der Waals surface area contributed by atoms with Gasteiger partial charge in [-0.1, -0.05) is 72.8 Å². The number of rotatable bonds is 3. The molecule has 0 aliphatic heterocycles. The fraction of sp³-hybridized carbons (Fsp3) is 0. The average Bonchev–Trinajstić information content (AvgIpc) is 3.60. The van der Waals surface area contributed by atoms with Crippen LogP contribution in [0.4, 0.5) is 0 Å². The van der Waals surface area contributed by atoms with Crippen molar-refractivity contribution >= 4 is 53.3 Å². The lowest BCUT2D eigenvalue weighted by Gasteiger charge is -2.13. The number of thiophene rings is 1. The van der Waals surface area contributed by atoms with Gasteiger partial charge in [-0.05, 0) is 53.6 Å². The molecular weight excluding hydrogens is 533 g/mol. The third kappa shape index (κ3) is 3.55. The first-order valence-electron chi connectivity index (χ1n) is 13.6. The van der Waals surface area contributed by atoms with Gasteiger partial charge in [-0.3, -0.25) is 0 Å². The summed E-state index contributed by atoms with van der Waals surface area (Å²) in [5, 5.41) is 25.1. The van der Waals surface area contributed by atoms with Crippen molar-refractivity contribution in [1.82, 2.24) is 9.55 Å². The van der Waals surface area contributed by atoms with E-state index in [1.54, 1.807) is 17.5 Å². The summed E-state index contributed by atoms with van der Waals surface area (Å²) in [4.78, 5) is 4.46. The number of pyridine rings is 1. The van der Waals surface area contributed by atoms with E-state index >= 15 is 0 Å². The molecule has 3 aromatic heterocycles. The Balaban J connectivity index is 1.38. The van der Waals surface area contributed by atoms with E-state index in [-0.39, 0.29) is 0 Å². The first kappa shape index (κ1) is 24.1. The maximum Gasteiger partial charge on any atom is 0.148 e. The van der Waals surface area contributed by atoms with Gasteiger partial charge in [0.2, 0.25) is 0 Å². The van der Waals surface area contributed by atoms with Crippen molar-refractivity contribution in [3.8, 4) is 40.1 Å². The Morgan fingerprint density at radius 3 is 2.21 bits per heavy atom. The van der Waals surface area contributed by atoms with Crippen molar-refractivity contribution in [2.75, 3.05) is 0 Å². The van der Waals surface area contributed by atoms with Crippen molar-refractivity contribution in [3.63, 3.8) is 0 Å². The highest BCUT2D eigenvalue weighted by Gasteiger charge is 2.20. The molecule has 0 spiro atoms. The second kappa shape index (κ2) is 9.42. The molecule has 0 saturated carbocycles. The molecule has 42 heavy (non-hydrogen) atoms. The number of hydrogen-bond donors (Lipinski definition) is 0. The number of nitrogens with zero attached hydrogens (tertiary/aromatic N) is 4. The second-order valence-electron chi connectivity index (χ2n) is 10.2. The maximum atomic E-state index is 10.4. The minimum absolute atomic E-state index is 0.329. The van der Waals surface area contributed by atoms with Crippen LogP contribution < -0.4 is 0 Å². The van der Waals surface area contributed by atoms with Gasteiger partial charge in [-0.2, -0.15) is 10.5 Å². The lowest BCUT2D eigenvalue weighted by Crippen LogP contribution is -1.99. The summed E-state index contributed by atoms with van der Waals surface area (Å²) >= 11 is 1.81. The molecule has 8 aromatic rings. The van der Waals surface area contributed by atoms with E-state index in [9.17, 15) is 10.5 Å². The molecule has 5 heteroatoms. The average molecular weight is 553 g/mol. The zero-order valence-electron chi connectivity index (χ0n) is 22.2. The van der Waals surface area contributed by atoms with Crippen LogP contribution in [0, 0.1) is 22.7 Å². The fourth-order valence-corrected chi connectivity index (χ4v) is 7.20. The molecule has 0 amide bonds. The SMILES string of the molecule is N#Cc1cc(-c2cc(-c3ccccc3)cnc2C#N)ccc1-n1c2ccccc2c2c3c(ccc21)sc1ccccc13. The van der Waals surface area contributed by atoms with Crippen LogP contribution in [0.1, 0.15) is 11.3 Å². The van der Waals surface area contributed by atoms with Gasteiger partial charge in [-0.15, -0.1) is 11.3 Å². The summed E-state index contributed by atoms with van der Waals surface area (Å²) < 4.78 is 4.71. The summed E-state index contributed by atoms with van der Waals surface area (Å²) in [7, 11) is 0. The van der Waals surface area contributed by atoms with E-state index in [1.165, 1.54) is 25.6 Å². The third-order valence-electron chi connectivity index (χ3n) is 7.95. The van der Waals surface area contributed by atoms with Gasteiger partial charge in [0.15, 0.2) is 0 Å². The quantitative estimate of drug-likeness (QED) is 0.219. The van der Waals surface area contributed by atoms with Gasteiger partial charge in [-0.25, -0.2) is 4.98 Å². The van der Waals surface area contributed by atoms with Crippen LogP contribution in [0.25, 0.3) is 69.9 Å². The van der Waals surface area contributed by atoms with E-state index in [0.717, 1.165) is 38.8 Å². The highest BCUT2D eigenvalue weighted by atomic mass is 32.1. The topological polar surface area (TPSA) is 65.4 Å². The molecule has 4 nitrogen and oxygen atoms in total. The minimum atomic E-state index is 0.329. The molecule has 194 valence electrons. The summed E-state index contributed by atoms with van der Waals surface area (Å²) in [5.41, 5.74) is 7.19. The molecule has 3 heterocycles. The van der Waals surface area contributed by atoms with Gasteiger partial charge in [0.1, 0.15) is 17.8 Å². The molecule has 0 N–H and O–H groups in total.